The van der Waals surface area contributed by atoms with Crippen molar-refractivity contribution in [3.05, 3.63) is 95.6 Å². The molecule has 5 heteroatoms. The molecular weight excluding hydrogens is 354 g/mol. The van der Waals surface area contributed by atoms with Gasteiger partial charge in [0, 0.05) is 5.69 Å². The molecule has 27 heavy (non-hydrogen) atoms. The van der Waals surface area contributed by atoms with Gasteiger partial charge in [-0.1, -0.05) is 48.0 Å². The van der Waals surface area contributed by atoms with Crippen molar-refractivity contribution >= 4 is 29.2 Å². The van der Waals surface area contributed by atoms with Gasteiger partial charge in [0.25, 0.3) is 0 Å². The molecule has 0 saturated heterocycles. The molecule has 3 aromatic rings. The number of nitrogens with zero attached hydrogens (tertiary/aromatic N) is 1. The minimum absolute atomic E-state index is 0.440. The molecule has 3 aromatic carbocycles. The molecule has 0 saturated carbocycles. The van der Waals surface area contributed by atoms with Crippen molar-refractivity contribution in [2.24, 2.45) is 5.10 Å². The van der Waals surface area contributed by atoms with Crippen molar-refractivity contribution in [1.29, 1.82) is 0 Å². The lowest BCUT2D eigenvalue weighted by molar-refractivity contribution is 0.306. The zero-order valence-electron chi connectivity index (χ0n) is 15.1. The molecule has 0 amide bonds. The fourth-order valence-corrected chi connectivity index (χ4v) is 2.64. The predicted molar refractivity (Wildman–Crippen MR) is 115 cm³/mol. The summed E-state index contributed by atoms with van der Waals surface area (Å²) < 4.78 is 5.82. The van der Waals surface area contributed by atoms with Crippen LogP contribution >= 0.6 is 12.2 Å². The van der Waals surface area contributed by atoms with Crippen molar-refractivity contribution in [2.75, 3.05) is 5.32 Å². The second-order valence-electron chi connectivity index (χ2n) is 6.04. The summed E-state index contributed by atoms with van der Waals surface area (Å²) in [4.78, 5) is 0. The first-order valence-corrected chi connectivity index (χ1v) is 9.03. The van der Waals surface area contributed by atoms with E-state index in [1.165, 1.54) is 5.56 Å². The first kappa shape index (κ1) is 18.6. The normalized spacial score (nSPS) is 10.6. The molecule has 136 valence electrons. The number of ether oxygens (including phenoxy) is 1. The third-order valence-electron chi connectivity index (χ3n) is 3.78. The Morgan fingerprint density at radius 3 is 2.52 bits per heavy atom. The Hall–Kier alpha value is -3.18. The van der Waals surface area contributed by atoms with Crippen LogP contribution in [0.1, 0.15) is 16.7 Å². The van der Waals surface area contributed by atoms with Crippen LogP contribution in [0.25, 0.3) is 0 Å². The van der Waals surface area contributed by atoms with Crippen molar-refractivity contribution in [3.8, 4) is 5.75 Å². The maximum absolute atomic E-state index is 5.82. The van der Waals surface area contributed by atoms with Gasteiger partial charge in [0.2, 0.25) is 0 Å². The van der Waals surface area contributed by atoms with Gasteiger partial charge in [-0.3, -0.25) is 5.43 Å². The zero-order chi connectivity index (χ0) is 18.9. The summed E-state index contributed by atoms with van der Waals surface area (Å²) in [6.45, 7) is 2.63. The first-order chi connectivity index (χ1) is 13.2. The highest BCUT2D eigenvalue weighted by Crippen LogP contribution is 2.14. The Kier molecular flexibility index (Phi) is 6.55. The minimum Gasteiger partial charge on any atom is -0.489 e. The molecular formula is C22H21N3OS. The summed E-state index contributed by atoms with van der Waals surface area (Å²) in [6, 6.07) is 25.8. The number of benzene rings is 3. The van der Waals surface area contributed by atoms with Crippen LogP contribution in [-0.4, -0.2) is 11.3 Å². The van der Waals surface area contributed by atoms with Crippen molar-refractivity contribution in [1.82, 2.24) is 5.43 Å². The van der Waals surface area contributed by atoms with Gasteiger partial charge >= 0.3 is 0 Å². The number of nitrogens with one attached hydrogen (secondary N) is 2. The Labute approximate surface area is 164 Å². The van der Waals surface area contributed by atoms with Gasteiger partial charge in [-0.15, -0.1) is 0 Å². The van der Waals surface area contributed by atoms with E-state index in [1.807, 2.05) is 60.7 Å². The second kappa shape index (κ2) is 9.50. The van der Waals surface area contributed by atoms with E-state index in [-0.39, 0.29) is 0 Å². The lowest BCUT2D eigenvalue weighted by atomic mass is 10.1. The van der Waals surface area contributed by atoms with Crippen molar-refractivity contribution in [2.45, 2.75) is 13.5 Å². The SMILES string of the molecule is Cc1cccc(COc2ccc(/C=N/NC(=S)Nc3ccccc3)cc2)c1. The highest BCUT2D eigenvalue weighted by Gasteiger charge is 1.98. The van der Waals surface area contributed by atoms with Crippen LogP contribution in [0.3, 0.4) is 0 Å². The topological polar surface area (TPSA) is 45.6 Å². The lowest BCUT2D eigenvalue weighted by Gasteiger charge is -2.07. The highest BCUT2D eigenvalue weighted by molar-refractivity contribution is 7.80. The average molecular weight is 375 g/mol. The van der Waals surface area contributed by atoms with Gasteiger partial charge in [-0.25, -0.2) is 0 Å². The summed E-state index contributed by atoms with van der Waals surface area (Å²) in [7, 11) is 0. The minimum atomic E-state index is 0.440. The smallest absolute Gasteiger partial charge is 0.191 e. The third kappa shape index (κ3) is 6.24. The molecule has 2 N–H and O–H groups in total. The number of thiocarbonyl (C=S) groups is 1. The number of hydrogen-bond donors (Lipinski definition) is 2. The standard InChI is InChI=1S/C22H21N3OS/c1-17-6-5-7-19(14-17)16-26-21-12-10-18(11-13-21)15-23-25-22(27)24-20-8-3-2-4-9-20/h2-15H,16H2,1H3,(H2,24,25,27)/b23-15+. The summed E-state index contributed by atoms with van der Waals surface area (Å²) in [5.74, 6) is 0.822. The van der Waals surface area contributed by atoms with Gasteiger partial charge in [0.15, 0.2) is 5.11 Å². The molecule has 0 atom stereocenters. The average Bonchev–Trinajstić information content (AvgIpc) is 2.68. The second-order valence-corrected chi connectivity index (χ2v) is 6.45. The van der Waals surface area contributed by atoms with E-state index >= 15 is 0 Å². The Balaban J connectivity index is 1.47. The maximum atomic E-state index is 5.82. The van der Waals surface area contributed by atoms with Crippen LogP contribution in [-0.2, 0) is 6.61 Å². The molecule has 0 aliphatic heterocycles. The molecule has 0 unspecified atom stereocenters. The number of aryl methyl sites for hydroxylation is 1. The van der Waals surface area contributed by atoms with E-state index in [4.69, 9.17) is 17.0 Å². The molecule has 3 rings (SSSR count). The summed E-state index contributed by atoms with van der Waals surface area (Å²) in [5.41, 5.74) is 7.06. The van der Waals surface area contributed by atoms with Crippen LogP contribution < -0.4 is 15.5 Å². The van der Waals surface area contributed by atoms with Crippen molar-refractivity contribution < 1.29 is 4.74 Å². The van der Waals surface area contributed by atoms with Crippen LogP contribution in [0.5, 0.6) is 5.75 Å². The van der Waals surface area contributed by atoms with Gasteiger partial charge in [-0.2, -0.15) is 5.10 Å². The molecule has 0 aliphatic carbocycles. The van der Waals surface area contributed by atoms with E-state index in [1.54, 1.807) is 6.21 Å². The van der Waals surface area contributed by atoms with E-state index in [9.17, 15) is 0 Å². The van der Waals surface area contributed by atoms with Gasteiger partial charge in [-0.05, 0) is 66.7 Å². The fraction of sp³-hybridized carbons (Fsp3) is 0.0909. The van der Waals surface area contributed by atoms with E-state index in [0.29, 0.717) is 11.7 Å². The zero-order valence-corrected chi connectivity index (χ0v) is 15.9. The molecule has 0 aromatic heterocycles. The molecule has 0 aliphatic rings. The van der Waals surface area contributed by atoms with Gasteiger partial charge in [0.05, 0.1) is 6.21 Å². The molecule has 0 spiro atoms. The molecule has 0 bridgehead atoms. The van der Waals surface area contributed by atoms with E-state index in [2.05, 4.69) is 41.0 Å². The third-order valence-corrected chi connectivity index (χ3v) is 3.97. The number of para-hydroxylation sites is 1. The Bertz CT molecular complexity index is 908. The lowest BCUT2D eigenvalue weighted by Crippen LogP contribution is -2.23. The quantitative estimate of drug-likeness (QED) is 0.366. The van der Waals surface area contributed by atoms with Crippen LogP contribution in [0.15, 0.2) is 84.0 Å². The molecule has 0 radical (unpaired) electrons. The molecule has 0 fully saturated rings. The fourth-order valence-electron chi connectivity index (χ4n) is 2.46. The predicted octanol–water partition coefficient (Wildman–Crippen LogP) is 4.89. The van der Waals surface area contributed by atoms with E-state index in [0.717, 1.165) is 22.6 Å². The maximum Gasteiger partial charge on any atom is 0.191 e. The number of anilines is 1. The van der Waals surface area contributed by atoms with Crippen LogP contribution in [0, 0.1) is 6.92 Å². The monoisotopic (exact) mass is 375 g/mol. The van der Waals surface area contributed by atoms with Crippen molar-refractivity contribution in [3.63, 3.8) is 0 Å². The Morgan fingerprint density at radius 2 is 1.78 bits per heavy atom. The summed E-state index contributed by atoms with van der Waals surface area (Å²) in [6.07, 6.45) is 1.71. The first-order valence-electron chi connectivity index (χ1n) is 8.62. The molecule has 4 nitrogen and oxygen atoms in total. The number of rotatable bonds is 6. The summed E-state index contributed by atoms with van der Waals surface area (Å²) >= 11 is 5.21. The number of hydrazone groups is 1. The molecule has 0 heterocycles. The largest absolute Gasteiger partial charge is 0.489 e. The highest BCUT2D eigenvalue weighted by atomic mass is 32.1. The van der Waals surface area contributed by atoms with Crippen LogP contribution in [0.4, 0.5) is 5.69 Å². The Morgan fingerprint density at radius 1 is 1.00 bits per heavy atom. The van der Waals surface area contributed by atoms with Gasteiger partial charge < -0.3 is 10.1 Å². The van der Waals surface area contributed by atoms with Gasteiger partial charge in [0.1, 0.15) is 12.4 Å². The van der Waals surface area contributed by atoms with E-state index < -0.39 is 0 Å². The number of hydrogen-bond acceptors (Lipinski definition) is 3. The van der Waals surface area contributed by atoms with Crippen LogP contribution in [0.2, 0.25) is 0 Å². The summed E-state index contributed by atoms with van der Waals surface area (Å²) in [5, 5.41) is 7.65.